The quantitative estimate of drug-likeness (QED) is 0.619. The van der Waals surface area contributed by atoms with Crippen LogP contribution in [0.15, 0.2) is 36.9 Å². The van der Waals surface area contributed by atoms with Gasteiger partial charge >= 0.3 is 0 Å². The SMILES string of the molecule is COCCNc1nccnc1C(=O)c1cccnc1. The van der Waals surface area contributed by atoms with Gasteiger partial charge in [0.2, 0.25) is 5.78 Å². The van der Waals surface area contributed by atoms with E-state index in [0.717, 1.165) is 0 Å². The van der Waals surface area contributed by atoms with Crippen molar-refractivity contribution in [1.82, 2.24) is 15.0 Å². The highest BCUT2D eigenvalue weighted by molar-refractivity contribution is 6.10. The summed E-state index contributed by atoms with van der Waals surface area (Å²) in [4.78, 5) is 24.4. The highest BCUT2D eigenvalue weighted by atomic mass is 16.5. The lowest BCUT2D eigenvalue weighted by Gasteiger charge is -2.08. The number of carbonyl (C=O) groups excluding carboxylic acids is 1. The maximum atomic E-state index is 12.3. The van der Waals surface area contributed by atoms with Crippen molar-refractivity contribution in [2.45, 2.75) is 0 Å². The highest BCUT2D eigenvalue weighted by Crippen LogP contribution is 2.13. The highest BCUT2D eigenvalue weighted by Gasteiger charge is 2.15. The number of hydrogen-bond acceptors (Lipinski definition) is 6. The zero-order valence-electron chi connectivity index (χ0n) is 10.5. The maximum absolute atomic E-state index is 12.3. The van der Waals surface area contributed by atoms with E-state index in [1.165, 1.54) is 18.6 Å². The van der Waals surface area contributed by atoms with Gasteiger partial charge in [-0.15, -0.1) is 0 Å². The van der Waals surface area contributed by atoms with E-state index in [1.54, 1.807) is 25.4 Å². The van der Waals surface area contributed by atoms with E-state index < -0.39 is 0 Å². The molecule has 0 spiro atoms. The number of hydrogen-bond donors (Lipinski definition) is 1. The summed E-state index contributed by atoms with van der Waals surface area (Å²) in [5.74, 6) is 0.245. The number of anilines is 1. The van der Waals surface area contributed by atoms with Crippen LogP contribution in [-0.2, 0) is 4.74 Å². The van der Waals surface area contributed by atoms with Crippen LogP contribution < -0.4 is 5.32 Å². The average molecular weight is 258 g/mol. The fraction of sp³-hybridized carbons (Fsp3) is 0.231. The van der Waals surface area contributed by atoms with Crippen molar-refractivity contribution in [3.05, 3.63) is 48.2 Å². The summed E-state index contributed by atoms with van der Waals surface area (Å²) in [7, 11) is 1.61. The van der Waals surface area contributed by atoms with Crippen LogP contribution in [0.2, 0.25) is 0 Å². The molecule has 0 radical (unpaired) electrons. The van der Waals surface area contributed by atoms with E-state index in [2.05, 4.69) is 20.3 Å². The molecule has 6 nitrogen and oxygen atoms in total. The third kappa shape index (κ3) is 3.32. The number of ketones is 1. The van der Waals surface area contributed by atoms with Crippen molar-refractivity contribution < 1.29 is 9.53 Å². The van der Waals surface area contributed by atoms with Gasteiger partial charge in [-0.3, -0.25) is 9.78 Å². The summed E-state index contributed by atoms with van der Waals surface area (Å²) in [6.07, 6.45) is 6.15. The summed E-state index contributed by atoms with van der Waals surface area (Å²) in [5, 5.41) is 3.02. The molecule has 0 amide bonds. The molecule has 2 aromatic heterocycles. The fourth-order valence-corrected chi connectivity index (χ4v) is 1.54. The van der Waals surface area contributed by atoms with Gasteiger partial charge in [-0.1, -0.05) is 0 Å². The number of pyridine rings is 1. The molecule has 0 fully saturated rings. The van der Waals surface area contributed by atoms with Gasteiger partial charge in [0.05, 0.1) is 6.61 Å². The van der Waals surface area contributed by atoms with E-state index in [9.17, 15) is 4.79 Å². The van der Waals surface area contributed by atoms with Crippen molar-refractivity contribution in [2.24, 2.45) is 0 Å². The number of methoxy groups -OCH3 is 1. The van der Waals surface area contributed by atoms with Gasteiger partial charge in [0.25, 0.3) is 0 Å². The molecule has 0 saturated heterocycles. The zero-order valence-corrected chi connectivity index (χ0v) is 10.5. The second-order valence-electron chi connectivity index (χ2n) is 3.74. The minimum absolute atomic E-state index is 0.207. The predicted octanol–water partition coefficient (Wildman–Crippen LogP) is 1.16. The van der Waals surface area contributed by atoms with Crippen LogP contribution in [0.1, 0.15) is 16.1 Å². The van der Waals surface area contributed by atoms with Crippen molar-refractivity contribution in [3.8, 4) is 0 Å². The average Bonchev–Trinajstić information content (AvgIpc) is 2.48. The van der Waals surface area contributed by atoms with Crippen LogP contribution in [0.4, 0.5) is 5.82 Å². The minimum Gasteiger partial charge on any atom is -0.383 e. The van der Waals surface area contributed by atoms with E-state index >= 15 is 0 Å². The van der Waals surface area contributed by atoms with Gasteiger partial charge < -0.3 is 10.1 Å². The molecule has 0 atom stereocenters. The molecule has 0 aliphatic rings. The molecule has 0 unspecified atom stereocenters. The van der Waals surface area contributed by atoms with Crippen LogP contribution in [0.3, 0.4) is 0 Å². The Morgan fingerprint density at radius 1 is 1.32 bits per heavy atom. The largest absolute Gasteiger partial charge is 0.383 e. The summed E-state index contributed by atoms with van der Waals surface area (Å²) in [5.41, 5.74) is 0.768. The van der Waals surface area contributed by atoms with Gasteiger partial charge in [0.15, 0.2) is 11.5 Å². The second-order valence-corrected chi connectivity index (χ2v) is 3.74. The lowest BCUT2D eigenvalue weighted by Crippen LogP contribution is -2.14. The van der Waals surface area contributed by atoms with Crippen LogP contribution in [-0.4, -0.2) is 41.0 Å². The topological polar surface area (TPSA) is 77.0 Å². The zero-order chi connectivity index (χ0) is 13.5. The van der Waals surface area contributed by atoms with Gasteiger partial charge in [-0.2, -0.15) is 0 Å². The monoisotopic (exact) mass is 258 g/mol. The summed E-state index contributed by atoms with van der Waals surface area (Å²) >= 11 is 0. The molecule has 2 heterocycles. The number of nitrogens with one attached hydrogen (secondary N) is 1. The molecular weight excluding hydrogens is 244 g/mol. The third-order valence-electron chi connectivity index (χ3n) is 2.44. The number of carbonyl (C=O) groups is 1. The molecule has 0 aliphatic heterocycles. The number of nitrogens with zero attached hydrogens (tertiary/aromatic N) is 3. The Morgan fingerprint density at radius 3 is 2.89 bits per heavy atom. The predicted molar refractivity (Wildman–Crippen MR) is 70.1 cm³/mol. The molecule has 2 rings (SSSR count). The molecule has 6 heteroatoms. The summed E-state index contributed by atoms with van der Waals surface area (Å²) in [6.45, 7) is 1.08. The van der Waals surface area contributed by atoms with E-state index in [-0.39, 0.29) is 11.5 Å². The smallest absolute Gasteiger partial charge is 0.216 e. The minimum atomic E-state index is -0.207. The Balaban J connectivity index is 2.22. The van der Waals surface area contributed by atoms with Crippen molar-refractivity contribution in [1.29, 1.82) is 0 Å². The van der Waals surface area contributed by atoms with Crippen LogP contribution in [0.25, 0.3) is 0 Å². The van der Waals surface area contributed by atoms with Crippen molar-refractivity contribution in [2.75, 3.05) is 25.6 Å². The molecule has 0 saturated carbocycles. The van der Waals surface area contributed by atoms with Crippen LogP contribution >= 0.6 is 0 Å². The van der Waals surface area contributed by atoms with E-state index in [4.69, 9.17) is 4.74 Å². The van der Waals surface area contributed by atoms with Gasteiger partial charge in [-0.25, -0.2) is 9.97 Å². The lowest BCUT2D eigenvalue weighted by molar-refractivity contribution is 0.103. The Labute approximate surface area is 110 Å². The van der Waals surface area contributed by atoms with E-state index in [0.29, 0.717) is 24.5 Å². The first-order chi connectivity index (χ1) is 9.33. The van der Waals surface area contributed by atoms with Gasteiger partial charge in [0, 0.05) is 44.0 Å². The fourth-order valence-electron chi connectivity index (χ4n) is 1.54. The second kappa shape index (κ2) is 6.55. The number of aromatic nitrogens is 3. The third-order valence-corrected chi connectivity index (χ3v) is 2.44. The van der Waals surface area contributed by atoms with Gasteiger partial charge in [-0.05, 0) is 12.1 Å². The first-order valence-electron chi connectivity index (χ1n) is 5.81. The molecular formula is C13H14N4O2. The summed E-state index contributed by atoms with van der Waals surface area (Å²) in [6, 6.07) is 3.41. The lowest BCUT2D eigenvalue weighted by atomic mass is 10.1. The number of ether oxygens (including phenoxy) is 1. The Hall–Kier alpha value is -2.34. The van der Waals surface area contributed by atoms with Crippen molar-refractivity contribution in [3.63, 3.8) is 0 Å². The van der Waals surface area contributed by atoms with E-state index in [1.807, 2.05) is 0 Å². The molecule has 98 valence electrons. The van der Waals surface area contributed by atoms with Crippen LogP contribution in [0.5, 0.6) is 0 Å². The normalized spacial score (nSPS) is 10.2. The molecule has 1 N–H and O–H groups in total. The molecule has 2 aromatic rings. The van der Waals surface area contributed by atoms with Crippen LogP contribution in [0, 0.1) is 0 Å². The molecule has 0 aliphatic carbocycles. The van der Waals surface area contributed by atoms with Crippen molar-refractivity contribution >= 4 is 11.6 Å². The standard InChI is InChI=1S/C13H14N4O2/c1-19-8-7-17-13-11(15-5-6-16-13)12(18)10-3-2-4-14-9-10/h2-6,9H,7-8H2,1H3,(H,16,17). The summed E-state index contributed by atoms with van der Waals surface area (Å²) < 4.78 is 4.94. The first kappa shape index (κ1) is 13.1. The molecule has 19 heavy (non-hydrogen) atoms. The Morgan fingerprint density at radius 2 is 2.16 bits per heavy atom. The number of rotatable bonds is 6. The first-order valence-corrected chi connectivity index (χ1v) is 5.81. The maximum Gasteiger partial charge on any atom is 0.216 e. The van der Waals surface area contributed by atoms with Gasteiger partial charge in [0.1, 0.15) is 0 Å². The Kier molecular flexibility index (Phi) is 4.52. The Bertz CT molecular complexity index is 545. The molecule has 0 aromatic carbocycles. The molecule has 0 bridgehead atoms.